The number of nitrogens with two attached hydrogens (primary N) is 1. The predicted molar refractivity (Wildman–Crippen MR) is 34.7 cm³/mol. The fraction of sp³-hybridized carbons (Fsp3) is 1.00. The van der Waals surface area contributed by atoms with Crippen LogP contribution in [-0.2, 0) is 0 Å². The molecule has 48 valence electrons. The Kier molecular flexibility index (Phi) is 1.90. The van der Waals surface area contributed by atoms with Crippen LogP contribution in [0.5, 0.6) is 0 Å². The van der Waals surface area contributed by atoms with E-state index >= 15 is 0 Å². The van der Waals surface area contributed by atoms with Gasteiger partial charge in [0.2, 0.25) is 0 Å². The topological polar surface area (TPSA) is 16.6 Å². The molecule has 0 aromatic carbocycles. The molecule has 1 heterocycles. The maximum absolute atomic E-state index is 2.48. The monoisotopic (exact) mass is 114 g/mol. The van der Waals surface area contributed by atoms with E-state index in [0.717, 1.165) is 12.1 Å². The third kappa shape index (κ3) is 1.48. The van der Waals surface area contributed by atoms with Crippen LogP contribution in [0, 0.1) is 0 Å². The predicted octanol–water partition coefficient (Wildman–Crippen LogP) is 0.511. The van der Waals surface area contributed by atoms with E-state index in [1.807, 2.05) is 0 Å². The Morgan fingerprint density at radius 1 is 1.12 bits per heavy atom. The van der Waals surface area contributed by atoms with Crippen molar-refractivity contribution in [2.75, 3.05) is 0 Å². The zero-order valence-electron chi connectivity index (χ0n) is 5.85. The van der Waals surface area contributed by atoms with Crippen LogP contribution in [0.2, 0.25) is 0 Å². The molecule has 0 aromatic rings. The van der Waals surface area contributed by atoms with Gasteiger partial charge in [-0.15, -0.1) is 0 Å². The van der Waals surface area contributed by atoms with E-state index in [4.69, 9.17) is 0 Å². The van der Waals surface area contributed by atoms with Crippen molar-refractivity contribution < 1.29 is 5.32 Å². The van der Waals surface area contributed by atoms with Gasteiger partial charge in [0.1, 0.15) is 0 Å². The van der Waals surface area contributed by atoms with E-state index in [9.17, 15) is 0 Å². The summed E-state index contributed by atoms with van der Waals surface area (Å²) >= 11 is 0. The van der Waals surface area contributed by atoms with Gasteiger partial charge in [-0.2, -0.15) is 0 Å². The second-order valence-electron chi connectivity index (χ2n) is 3.08. The number of hydrogen-bond acceptors (Lipinski definition) is 0. The van der Waals surface area contributed by atoms with Gasteiger partial charge in [0.25, 0.3) is 0 Å². The molecule has 2 N–H and O–H groups in total. The van der Waals surface area contributed by atoms with Crippen molar-refractivity contribution in [2.24, 2.45) is 0 Å². The molecule has 8 heavy (non-hydrogen) atoms. The maximum atomic E-state index is 2.48. The first-order valence-corrected chi connectivity index (χ1v) is 3.64. The van der Waals surface area contributed by atoms with Crippen molar-refractivity contribution in [1.82, 2.24) is 0 Å². The molecule has 0 bridgehead atoms. The normalized spacial score (nSPS) is 39.8. The quantitative estimate of drug-likeness (QED) is 0.472. The van der Waals surface area contributed by atoms with E-state index in [-0.39, 0.29) is 0 Å². The van der Waals surface area contributed by atoms with Crippen LogP contribution in [-0.4, -0.2) is 12.1 Å². The van der Waals surface area contributed by atoms with Crippen LogP contribution >= 0.6 is 0 Å². The first kappa shape index (κ1) is 6.09. The van der Waals surface area contributed by atoms with Crippen LogP contribution < -0.4 is 5.32 Å². The van der Waals surface area contributed by atoms with Crippen LogP contribution in [0.15, 0.2) is 0 Å². The van der Waals surface area contributed by atoms with Crippen LogP contribution in [0.25, 0.3) is 0 Å². The summed E-state index contributed by atoms with van der Waals surface area (Å²) < 4.78 is 0. The third-order valence-corrected chi connectivity index (χ3v) is 1.98. The summed E-state index contributed by atoms with van der Waals surface area (Å²) in [6.07, 6.45) is 4.29. The summed E-state index contributed by atoms with van der Waals surface area (Å²) in [5, 5.41) is 2.48. The van der Waals surface area contributed by atoms with Gasteiger partial charge in [-0.3, -0.25) is 0 Å². The van der Waals surface area contributed by atoms with Crippen molar-refractivity contribution in [3.63, 3.8) is 0 Å². The molecule has 1 aliphatic rings. The molecule has 0 spiro atoms. The Morgan fingerprint density at radius 2 is 1.62 bits per heavy atom. The van der Waals surface area contributed by atoms with Crippen molar-refractivity contribution in [3.8, 4) is 0 Å². The molecule has 1 saturated heterocycles. The van der Waals surface area contributed by atoms with Gasteiger partial charge in [-0.25, -0.2) is 0 Å². The fourth-order valence-corrected chi connectivity index (χ4v) is 1.52. The largest absolute Gasteiger partial charge is 0.342 e. The highest BCUT2D eigenvalue weighted by atomic mass is 14.9. The lowest BCUT2D eigenvalue weighted by Gasteiger charge is -2.21. The van der Waals surface area contributed by atoms with Crippen LogP contribution in [0.3, 0.4) is 0 Å². The first-order chi connectivity index (χ1) is 3.79. The number of rotatable bonds is 0. The van der Waals surface area contributed by atoms with Crippen LogP contribution in [0.4, 0.5) is 0 Å². The Hall–Kier alpha value is -0.0400. The minimum absolute atomic E-state index is 0.888. The molecule has 0 unspecified atom stereocenters. The maximum Gasteiger partial charge on any atom is 0.0832 e. The molecule has 1 aliphatic heterocycles. The highest BCUT2D eigenvalue weighted by Crippen LogP contribution is 2.04. The number of piperidine rings is 1. The molecular weight excluding hydrogens is 98.1 g/mol. The van der Waals surface area contributed by atoms with E-state index < -0.39 is 0 Å². The molecule has 1 rings (SSSR count). The average molecular weight is 114 g/mol. The van der Waals surface area contributed by atoms with E-state index in [0.29, 0.717) is 0 Å². The summed E-state index contributed by atoms with van der Waals surface area (Å²) in [6.45, 7) is 4.63. The molecule has 1 nitrogen and oxygen atoms in total. The van der Waals surface area contributed by atoms with Gasteiger partial charge in [0, 0.05) is 0 Å². The fourth-order valence-electron chi connectivity index (χ4n) is 1.52. The highest BCUT2D eigenvalue weighted by Gasteiger charge is 2.16. The van der Waals surface area contributed by atoms with Crippen molar-refractivity contribution in [3.05, 3.63) is 0 Å². The molecule has 0 saturated carbocycles. The Bertz CT molecular complexity index is 62.8. The Labute approximate surface area is 51.5 Å². The highest BCUT2D eigenvalue weighted by molar-refractivity contribution is 4.57. The van der Waals surface area contributed by atoms with Gasteiger partial charge in [0.15, 0.2) is 0 Å². The standard InChI is InChI=1S/C7H15N/c1-6-4-3-5-7(2)8-6/h6-8H,3-5H2,1-2H3/p+1/t6-,7-/m0/s1. The number of quaternary nitrogens is 1. The molecule has 0 amide bonds. The molecule has 0 aliphatic carbocycles. The van der Waals surface area contributed by atoms with E-state index in [1.54, 1.807) is 0 Å². The Morgan fingerprint density at radius 3 is 1.88 bits per heavy atom. The lowest BCUT2D eigenvalue weighted by Crippen LogP contribution is -2.95. The molecule has 1 fully saturated rings. The summed E-state index contributed by atoms with van der Waals surface area (Å²) in [4.78, 5) is 0. The third-order valence-electron chi connectivity index (χ3n) is 1.98. The van der Waals surface area contributed by atoms with E-state index in [2.05, 4.69) is 19.2 Å². The second-order valence-corrected chi connectivity index (χ2v) is 3.08. The van der Waals surface area contributed by atoms with Gasteiger partial charge < -0.3 is 5.32 Å². The summed E-state index contributed by atoms with van der Waals surface area (Å²) in [5.41, 5.74) is 0. The van der Waals surface area contributed by atoms with Crippen molar-refractivity contribution >= 4 is 0 Å². The van der Waals surface area contributed by atoms with Gasteiger partial charge >= 0.3 is 0 Å². The number of hydrogen-bond donors (Lipinski definition) is 1. The minimum Gasteiger partial charge on any atom is -0.342 e. The molecule has 0 radical (unpaired) electrons. The zero-order valence-corrected chi connectivity index (χ0v) is 5.85. The molecule has 1 heteroatoms. The smallest absolute Gasteiger partial charge is 0.0832 e. The SMILES string of the molecule is C[C@H]1CCC[C@H](C)[NH2+]1. The van der Waals surface area contributed by atoms with Crippen molar-refractivity contribution in [2.45, 2.75) is 45.2 Å². The van der Waals surface area contributed by atoms with Gasteiger partial charge in [0.05, 0.1) is 12.1 Å². The Balaban J connectivity index is 2.23. The van der Waals surface area contributed by atoms with Gasteiger partial charge in [-0.1, -0.05) is 0 Å². The molecule has 0 aromatic heterocycles. The van der Waals surface area contributed by atoms with Gasteiger partial charge in [-0.05, 0) is 33.1 Å². The first-order valence-electron chi connectivity index (χ1n) is 3.64. The second kappa shape index (κ2) is 2.49. The van der Waals surface area contributed by atoms with Crippen molar-refractivity contribution in [1.29, 1.82) is 0 Å². The van der Waals surface area contributed by atoms with Crippen LogP contribution in [0.1, 0.15) is 33.1 Å². The zero-order chi connectivity index (χ0) is 5.98. The summed E-state index contributed by atoms with van der Waals surface area (Å²) in [7, 11) is 0. The molecular formula is C7H16N+. The summed E-state index contributed by atoms with van der Waals surface area (Å²) in [6, 6.07) is 1.78. The summed E-state index contributed by atoms with van der Waals surface area (Å²) in [5.74, 6) is 0. The molecule has 2 atom stereocenters. The minimum atomic E-state index is 0.888. The van der Waals surface area contributed by atoms with E-state index in [1.165, 1.54) is 19.3 Å². The lowest BCUT2D eigenvalue weighted by atomic mass is 10.0. The average Bonchev–Trinajstić information content (AvgIpc) is 1.64. The lowest BCUT2D eigenvalue weighted by molar-refractivity contribution is -0.723.